The van der Waals surface area contributed by atoms with E-state index in [4.69, 9.17) is 4.74 Å². The molecule has 1 aromatic heterocycles. The summed E-state index contributed by atoms with van der Waals surface area (Å²) in [6, 6.07) is 10.4. The van der Waals surface area contributed by atoms with Gasteiger partial charge in [0.1, 0.15) is 0 Å². The van der Waals surface area contributed by atoms with Crippen molar-refractivity contribution in [1.82, 2.24) is 19.7 Å². The van der Waals surface area contributed by atoms with E-state index in [2.05, 4.69) is 48.8 Å². The summed E-state index contributed by atoms with van der Waals surface area (Å²) in [6.07, 6.45) is 6.51. The lowest BCUT2D eigenvalue weighted by molar-refractivity contribution is -0.131. The summed E-state index contributed by atoms with van der Waals surface area (Å²) in [7, 11) is 0. The Morgan fingerprint density at radius 2 is 1.78 bits per heavy atom. The molecule has 1 aliphatic carbocycles. The van der Waals surface area contributed by atoms with E-state index in [0.717, 1.165) is 43.2 Å². The summed E-state index contributed by atoms with van der Waals surface area (Å²) in [5.74, 6) is 3.08. The lowest BCUT2D eigenvalue weighted by Crippen LogP contribution is -2.45. The third kappa shape index (κ3) is 4.96. The summed E-state index contributed by atoms with van der Waals surface area (Å²) in [5.41, 5.74) is 1.20. The first kappa shape index (κ1) is 21.8. The number of morpholine rings is 1. The van der Waals surface area contributed by atoms with E-state index in [1.54, 1.807) is 0 Å². The molecule has 1 amide bonds. The molecule has 2 aliphatic heterocycles. The van der Waals surface area contributed by atoms with Crippen LogP contribution in [0.2, 0.25) is 0 Å². The zero-order valence-corrected chi connectivity index (χ0v) is 19.5. The number of aromatic nitrogens is 3. The van der Waals surface area contributed by atoms with E-state index in [1.807, 2.05) is 6.07 Å². The topological polar surface area (TPSA) is 63.5 Å². The standard InChI is InChI=1S/C24H33N5O2S/c30-22(28-11-10-20-8-4-5-9-21(20)17-28)18-32-24-26-25-23(27-12-14-31-15-13-27)29(24)16-19-6-2-1-3-7-19/h1-3,6-7,20-21H,4-5,8-18H2/t20-,21+/m0/s1. The number of likely N-dealkylation sites (tertiary alicyclic amines) is 1. The number of hydrogen-bond donors (Lipinski definition) is 0. The maximum Gasteiger partial charge on any atom is 0.233 e. The summed E-state index contributed by atoms with van der Waals surface area (Å²) < 4.78 is 7.67. The molecule has 3 aliphatic rings. The second kappa shape index (κ2) is 10.3. The molecule has 0 radical (unpaired) electrons. The van der Waals surface area contributed by atoms with Gasteiger partial charge in [0.05, 0.1) is 25.5 Å². The van der Waals surface area contributed by atoms with Gasteiger partial charge in [0.25, 0.3) is 0 Å². The number of amides is 1. The number of thioether (sulfide) groups is 1. The van der Waals surface area contributed by atoms with E-state index in [9.17, 15) is 4.79 Å². The van der Waals surface area contributed by atoms with Crippen LogP contribution >= 0.6 is 11.8 Å². The Bertz CT molecular complexity index is 899. The highest BCUT2D eigenvalue weighted by Crippen LogP contribution is 2.36. The Balaban J connectivity index is 1.27. The molecule has 1 saturated carbocycles. The highest BCUT2D eigenvalue weighted by atomic mass is 32.2. The number of hydrogen-bond acceptors (Lipinski definition) is 6. The van der Waals surface area contributed by atoms with Crippen molar-refractivity contribution in [2.45, 2.75) is 43.8 Å². The molecule has 1 aromatic carbocycles. The molecule has 0 spiro atoms. The van der Waals surface area contributed by atoms with Gasteiger partial charge < -0.3 is 14.5 Å². The minimum absolute atomic E-state index is 0.237. The lowest BCUT2D eigenvalue weighted by Gasteiger charge is -2.41. The van der Waals surface area contributed by atoms with Crippen molar-refractivity contribution < 1.29 is 9.53 Å². The average molecular weight is 456 g/mol. The molecule has 3 heterocycles. The van der Waals surface area contributed by atoms with Gasteiger partial charge in [0.15, 0.2) is 5.16 Å². The van der Waals surface area contributed by atoms with Crippen molar-refractivity contribution in [2.75, 3.05) is 50.0 Å². The molecule has 2 aromatic rings. The molecule has 5 rings (SSSR count). The monoisotopic (exact) mass is 455 g/mol. The Kier molecular flexibility index (Phi) is 6.97. The fourth-order valence-electron chi connectivity index (χ4n) is 5.33. The number of benzene rings is 1. The third-order valence-corrected chi connectivity index (χ3v) is 8.09. The van der Waals surface area contributed by atoms with Gasteiger partial charge >= 0.3 is 0 Å². The number of nitrogens with zero attached hydrogens (tertiary/aromatic N) is 5. The maximum absolute atomic E-state index is 13.0. The van der Waals surface area contributed by atoms with Gasteiger partial charge in [-0.25, -0.2) is 0 Å². The molecular formula is C24H33N5O2S. The minimum atomic E-state index is 0.237. The molecular weight excluding hydrogens is 422 g/mol. The van der Waals surface area contributed by atoms with Crippen LogP contribution in [0.25, 0.3) is 0 Å². The van der Waals surface area contributed by atoms with Crippen molar-refractivity contribution in [2.24, 2.45) is 11.8 Å². The van der Waals surface area contributed by atoms with Crippen molar-refractivity contribution in [3.05, 3.63) is 35.9 Å². The molecule has 32 heavy (non-hydrogen) atoms. The molecule has 3 fully saturated rings. The third-order valence-electron chi connectivity index (χ3n) is 7.14. The highest BCUT2D eigenvalue weighted by molar-refractivity contribution is 7.99. The fraction of sp³-hybridized carbons (Fsp3) is 0.625. The average Bonchev–Trinajstić information content (AvgIpc) is 3.25. The van der Waals surface area contributed by atoms with E-state index >= 15 is 0 Å². The molecule has 0 bridgehead atoms. The number of fused-ring (bicyclic) bond motifs is 1. The minimum Gasteiger partial charge on any atom is -0.378 e. The van der Waals surface area contributed by atoms with Crippen LogP contribution in [0.1, 0.15) is 37.7 Å². The number of rotatable bonds is 6. The fourth-order valence-corrected chi connectivity index (χ4v) is 6.17. The first-order chi connectivity index (χ1) is 15.8. The van der Waals surface area contributed by atoms with Crippen LogP contribution in [0.15, 0.2) is 35.5 Å². The summed E-state index contributed by atoms with van der Waals surface area (Å²) in [4.78, 5) is 17.4. The Hall–Kier alpha value is -2.06. The molecule has 8 heteroatoms. The molecule has 7 nitrogen and oxygen atoms in total. The number of carbonyl (C=O) groups is 1. The van der Waals surface area contributed by atoms with E-state index < -0.39 is 0 Å². The normalized spacial score (nSPS) is 23.8. The first-order valence-electron chi connectivity index (χ1n) is 12.0. The van der Waals surface area contributed by atoms with Gasteiger partial charge in [-0.1, -0.05) is 61.4 Å². The molecule has 2 saturated heterocycles. The first-order valence-corrected chi connectivity index (χ1v) is 13.0. The summed E-state index contributed by atoms with van der Waals surface area (Å²) in [5, 5.41) is 9.83. The Morgan fingerprint density at radius 1 is 1.00 bits per heavy atom. The van der Waals surface area contributed by atoms with Crippen LogP contribution in [0, 0.1) is 11.8 Å². The summed E-state index contributed by atoms with van der Waals surface area (Å²) in [6.45, 7) is 5.59. The predicted molar refractivity (Wildman–Crippen MR) is 126 cm³/mol. The zero-order chi connectivity index (χ0) is 21.8. The highest BCUT2D eigenvalue weighted by Gasteiger charge is 2.33. The second-order valence-corrected chi connectivity index (χ2v) is 10.1. The van der Waals surface area contributed by atoms with Crippen LogP contribution in [0.3, 0.4) is 0 Å². The van der Waals surface area contributed by atoms with Gasteiger partial charge in [-0.2, -0.15) is 0 Å². The van der Waals surface area contributed by atoms with Gasteiger partial charge in [0.2, 0.25) is 11.9 Å². The van der Waals surface area contributed by atoms with Crippen molar-refractivity contribution in [3.8, 4) is 0 Å². The van der Waals surface area contributed by atoms with Gasteiger partial charge in [0, 0.05) is 26.2 Å². The molecule has 0 unspecified atom stereocenters. The van der Waals surface area contributed by atoms with Crippen molar-refractivity contribution in [1.29, 1.82) is 0 Å². The van der Waals surface area contributed by atoms with Crippen LogP contribution in [-0.2, 0) is 16.1 Å². The van der Waals surface area contributed by atoms with Crippen molar-refractivity contribution in [3.63, 3.8) is 0 Å². The smallest absolute Gasteiger partial charge is 0.233 e. The van der Waals surface area contributed by atoms with Gasteiger partial charge in [-0.3, -0.25) is 9.36 Å². The maximum atomic E-state index is 13.0. The quantitative estimate of drug-likeness (QED) is 0.623. The number of anilines is 1. The van der Waals surface area contributed by atoms with E-state index in [0.29, 0.717) is 31.4 Å². The Labute approximate surface area is 194 Å². The van der Waals surface area contributed by atoms with E-state index in [1.165, 1.54) is 49.4 Å². The van der Waals surface area contributed by atoms with Crippen molar-refractivity contribution >= 4 is 23.6 Å². The van der Waals surface area contributed by atoms with Crippen LogP contribution in [0.4, 0.5) is 5.95 Å². The number of carbonyl (C=O) groups excluding carboxylic acids is 1. The van der Waals surface area contributed by atoms with Crippen LogP contribution in [0.5, 0.6) is 0 Å². The Morgan fingerprint density at radius 3 is 2.59 bits per heavy atom. The lowest BCUT2D eigenvalue weighted by atomic mass is 9.75. The van der Waals surface area contributed by atoms with Crippen LogP contribution in [-0.4, -0.2) is 70.7 Å². The van der Waals surface area contributed by atoms with Gasteiger partial charge in [-0.15, -0.1) is 10.2 Å². The molecule has 172 valence electrons. The van der Waals surface area contributed by atoms with E-state index in [-0.39, 0.29) is 5.91 Å². The SMILES string of the molecule is O=C(CSc1nnc(N2CCOCC2)n1Cc1ccccc1)N1CC[C@@H]2CCCC[C@@H]2C1. The second-order valence-electron chi connectivity index (χ2n) is 9.18. The molecule has 0 N–H and O–H groups in total. The summed E-state index contributed by atoms with van der Waals surface area (Å²) >= 11 is 1.52. The molecule has 2 atom stereocenters. The van der Waals surface area contributed by atoms with Gasteiger partial charge in [-0.05, 0) is 30.2 Å². The zero-order valence-electron chi connectivity index (χ0n) is 18.7. The van der Waals surface area contributed by atoms with Crippen LogP contribution < -0.4 is 4.90 Å². The number of piperidine rings is 1. The largest absolute Gasteiger partial charge is 0.378 e. The number of ether oxygens (including phenoxy) is 1. The predicted octanol–water partition coefficient (Wildman–Crippen LogP) is 3.29.